The van der Waals surface area contributed by atoms with Crippen molar-refractivity contribution < 1.29 is 28.6 Å². The van der Waals surface area contributed by atoms with Gasteiger partial charge in [0, 0.05) is 19.3 Å². The van der Waals surface area contributed by atoms with Crippen LogP contribution in [0.25, 0.3) is 0 Å². The molecule has 0 aliphatic carbocycles. The minimum Gasteiger partial charge on any atom is -0.462 e. The Morgan fingerprint density at radius 1 is 0.328 bits per heavy atom. The Balaban J connectivity index is 4.49. The Bertz CT molecular complexity index is 1390. The Hall–Kier alpha value is -3.93. The lowest BCUT2D eigenvalue weighted by Gasteiger charge is -2.18. The Kier molecular flexibility index (Phi) is 51.5. The molecule has 0 aromatic rings. The fourth-order valence-electron chi connectivity index (χ4n) is 7.20. The van der Waals surface area contributed by atoms with Crippen LogP contribution in [0.1, 0.15) is 239 Å². The molecular formula is C61H100O6. The van der Waals surface area contributed by atoms with Crippen molar-refractivity contribution in [2.75, 3.05) is 13.2 Å². The molecule has 0 saturated heterocycles. The van der Waals surface area contributed by atoms with E-state index in [9.17, 15) is 14.4 Å². The van der Waals surface area contributed by atoms with E-state index in [1.807, 2.05) is 0 Å². The van der Waals surface area contributed by atoms with Crippen molar-refractivity contribution in [1.29, 1.82) is 0 Å². The molecule has 1 atom stereocenters. The van der Waals surface area contributed by atoms with Crippen LogP contribution >= 0.6 is 0 Å². The van der Waals surface area contributed by atoms with E-state index >= 15 is 0 Å². The largest absolute Gasteiger partial charge is 0.462 e. The van der Waals surface area contributed by atoms with Gasteiger partial charge >= 0.3 is 17.9 Å². The maximum atomic E-state index is 12.8. The van der Waals surface area contributed by atoms with Crippen molar-refractivity contribution in [2.45, 2.75) is 245 Å². The summed E-state index contributed by atoms with van der Waals surface area (Å²) in [4.78, 5) is 38.1. The van der Waals surface area contributed by atoms with Crippen LogP contribution in [0.4, 0.5) is 0 Å². The van der Waals surface area contributed by atoms with Crippen LogP contribution < -0.4 is 0 Å². The second kappa shape index (κ2) is 54.7. The number of hydrogen-bond acceptors (Lipinski definition) is 6. The lowest BCUT2D eigenvalue weighted by molar-refractivity contribution is -0.167. The zero-order valence-electron chi connectivity index (χ0n) is 43.4. The van der Waals surface area contributed by atoms with E-state index in [2.05, 4.69) is 130 Å². The van der Waals surface area contributed by atoms with Crippen molar-refractivity contribution in [2.24, 2.45) is 0 Å². The second-order valence-corrected chi connectivity index (χ2v) is 17.8. The molecule has 0 N–H and O–H groups in total. The highest BCUT2D eigenvalue weighted by molar-refractivity contribution is 5.71. The van der Waals surface area contributed by atoms with Gasteiger partial charge in [0.15, 0.2) is 6.10 Å². The summed E-state index contributed by atoms with van der Waals surface area (Å²) in [6.07, 6.45) is 73.6. The molecule has 0 radical (unpaired) electrons. The van der Waals surface area contributed by atoms with E-state index in [1.165, 1.54) is 57.8 Å². The summed E-state index contributed by atoms with van der Waals surface area (Å²) < 4.78 is 16.8. The van der Waals surface area contributed by atoms with Gasteiger partial charge < -0.3 is 14.2 Å². The molecule has 0 bridgehead atoms. The average molecular weight is 929 g/mol. The molecule has 67 heavy (non-hydrogen) atoms. The molecule has 0 saturated carbocycles. The third kappa shape index (κ3) is 52.9. The van der Waals surface area contributed by atoms with Gasteiger partial charge in [-0.05, 0) is 116 Å². The molecule has 0 aromatic heterocycles. The molecule has 0 aliphatic rings. The van der Waals surface area contributed by atoms with Crippen molar-refractivity contribution in [3.63, 3.8) is 0 Å². The molecule has 380 valence electrons. The van der Waals surface area contributed by atoms with Crippen molar-refractivity contribution in [1.82, 2.24) is 0 Å². The zero-order chi connectivity index (χ0) is 48.6. The lowest BCUT2D eigenvalue weighted by Crippen LogP contribution is -2.30. The van der Waals surface area contributed by atoms with Gasteiger partial charge in [-0.2, -0.15) is 0 Å². The molecule has 0 rings (SSSR count). The molecule has 0 spiro atoms. The van der Waals surface area contributed by atoms with Crippen molar-refractivity contribution in [3.05, 3.63) is 109 Å². The fraction of sp³-hybridized carbons (Fsp3) is 0.656. The van der Waals surface area contributed by atoms with Crippen LogP contribution in [-0.2, 0) is 28.6 Å². The first-order valence-electron chi connectivity index (χ1n) is 27.4. The number of unbranched alkanes of at least 4 members (excludes halogenated alkanes) is 20. The van der Waals surface area contributed by atoms with Gasteiger partial charge in [0.25, 0.3) is 0 Å². The topological polar surface area (TPSA) is 78.9 Å². The number of allylic oxidation sites excluding steroid dienone is 18. The highest BCUT2D eigenvalue weighted by Gasteiger charge is 2.19. The van der Waals surface area contributed by atoms with Crippen LogP contribution in [0.5, 0.6) is 0 Å². The minimum absolute atomic E-state index is 0.106. The third-order valence-electron chi connectivity index (χ3n) is 11.3. The number of ether oxygens (including phenoxy) is 3. The molecule has 0 aliphatic heterocycles. The number of hydrogen-bond donors (Lipinski definition) is 0. The summed E-state index contributed by atoms with van der Waals surface area (Å²) in [6.45, 7) is 6.35. The summed E-state index contributed by atoms with van der Waals surface area (Å²) in [5.74, 6) is -0.970. The zero-order valence-corrected chi connectivity index (χ0v) is 43.4. The van der Waals surface area contributed by atoms with Gasteiger partial charge in [-0.1, -0.05) is 214 Å². The number of carbonyl (C=O) groups excluding carboxylic acids is 3. The van der Waals surface area contributed by atoms with E-state index in [4.69, 9.17) is 14.2 Å². The first-order valence-corrected chi connectivity index (χ1v) is 27.4. The summed E-state index contributed by atoms with van der Waals surface area (Å²) in [6, 6.07) is 0. The monoisotopic (exact) mass is 929 g/mol. The Morgan fingerprint density at radius 3 is 1.01 bits per heavy atom. The Morgan fingerprint density at radius 2 is 0.627 bits per heavy atom. The van der Waals surface area contributed by atoms with Gasteiger partial charge in [-0.15, -0.1) is 0 Å². The van der Waals surface area contributed by atoms with E-state index < -0.39 is 6.10 Å². The summed E-state index contributed by atoms with van der Waals surface area (Å²) in [5, 5.41) is 0. The maximum absolute atomic E-state index is 12.8. The minimum atomic E-state index is -0.809. The predicted molar refractivity (Wildman–Crippen MR) is 288 cm³/mol. The standard InChI is InChI=1S/C61H100O6/c1-4-7-10-13-16-19-22-25-28-30-31-32-34-36-39-42-45-48-51-54-60(63)66-57-58(56-65-59(62)53-50-47-44-41-38-35-27-24-21-18-15-12-9-6-3)67-61(64)55-52-49-46-43-40-37-33-29-26-23-20-17-14-11-8-5-2/h7,9-10,12,16,18-19,21,25,27-29,31-33,35,37,40,58H,4-6,8,11,13-15,17,20,22-24,26,30,34,36,38-39,41-57H2,1-3H3/b10-7-,12-9-,19-16-,21-18-,28-25-,32-31-,33-29-,35-27-,40-37-. The first-order chi connectivity index (χ1) is 33.0. The highest BCUT2D eigenvalue weighted by Crippen LogP contribution is 2.13. The van der Waals surface area contributed by atoms with Gasteiger partial charge in [0.2, 0.25) is 0 Å². The third-order valence-corrected chi connectivity index (χ3v) is 11.3. The second-order valence-electron chi connectivity index (χ2n) is 17.8. The van der Waals surface area contributed by atoms with Crippen molar-refractivity contribution in [3.8, 4) is 0 Å². The molecule has 0 heterocycles. The molecule has 6 heteroatoms. The summed E-state index contributed by atoms with van der Waals surface area (Å²) in [7, 11) is 0. The number of carbonyl (C=O) groups is 3. The smallest absolute Gasteiger partial charge is 0.306 e. The molecule has 6 nitrogen and oxygen atoms in total. The molecular weight excluding hydrogens is 829 g/mol. The van der Waals surface area contributed by atoms with E-state index in [0.717, 1.165) is 141 Å². The molecule has 1 unspecified atom stereocenters. The van der Waals surface area contributed by atoms with Gasteiger partial charge in [-0.3, -0.25) is 14.4 Å². The first kappa shape index (κ1) is 63.1. The average Bonchev–Trinajstić information content (AvgIpc) is 3.33. The molecule has 0 aromatic carbocycles. The van der Waals surface area contributed by atoms with Gasteiger partial charge in [0.1, 0.15) is 13.2 Å². The van der Waals surface area contributed by atoms with Crippen LogP contribution in [-0.4, -0.2) is 37.2 Å². The number of esters is 3. The Labute approximate surface area is 412 Å². The van der Waals surface area contributed by atoms with Gasteiger partial charge in [0.05, 0.1) is 0 Å². The van der Waals surface area contributed by atoms with Crippen LogP contribution in [0.3, 0.4) is 0 Å². The lowest BCUT2D eigenvalue weighted by atomic mass is 10.1. The van der Waals surface area contributed by atoms with E-state index in [-0.39, 0.29) is 37.5 Å². The SMILES string of the molecule is CC/C=C\C/C=C\C/C=C\C/C=C\CCCCCCCCC(=O)OCC(COC(=O)CCCCCC/C=C\C/C=C\C/C=C\CC)OC(=O)CCCCC/C=C\C=C/CCCCCCCCC. The van der Waals surface area contributed by atoms with E-state index in [0.29, 0.717) is 12.8 Å². The molecule has 0 amide bonds. The van der Waals surface area contributed by atoms with E-state index in [1.54, 1.807) is 0 Å². The van der Waals surface area contributed by atoms with Crippen molar-refractivity contribution >= 4 is 17.9 Å². The summed E-state index contributed by atoms with van der Waals surface area (Å²) >= 11 is 0. The fourth-order valence-corrected chi connectivity index (χ4v) is 7.20. The normalized spacial score (nSPS) is 12.9. The van der Waals surface area contributed by atoms with Gasteiger partial charge in [-0.25, -0.2) is 0 Å². The van der Waals surface area contributed by atoms with Crippen LogP contribution in [0, 0.1) is 0 Å². The maximum Gasteiger partial charge on any atom is 0.306 e. The van der Waals surface area contributed by atoms with Crippen LogP contribution in [0.2, 0.25) is 0 Å². The van der Waals surface area contributed by atoms with Crippen LogP contribution in [0.15, 0.2) is 109 Å². The summed E-state index contributed by atoms with van der Waals surface area (Å²) in [5.41, 5.74) is 0. The predicted octanol–water partition coefficient (Wildman–Crippen LogP) is 18.3. The number of rotatable bonds is 48. The highest BCUT2D eigenvalue weighted by atomic mass is 16.6. The quantitative estimate of drug-likeness (QED) is 0.0199. The molecule has 0 fully saturated rings.